The highest BCUT2D eigenvalue weighted by atomic mass is 32.2. The number of rotatable bonds is 4. The summed E-state index contributed by atoms with van der Waals surface area (Å²) in [6, 6.07) is 4.47. The van der Waals surface area contributed by atoms with E-state index < -0.39 is 14.9 Å². The summed E-state index contributed by atoms with van der Waals surface area (Å²) in [5.41, 5.74) is 5.98. The van der Waals surface area contributed by atoms with Gasteiger partial charge in [-0.2, -0.15) is 4.31 Å². The van der Waals surface area contributed by atoms with Gasteiger partial charge in [-0.15, -0.1) is 0 Å². The lowest BCUT2D eigenvalue weighted by Gasteiger charge is -2.40. The number of hydrogen-bond donors (Lipinski definition) is 2. The third-order valence-corrected chi connectivity index (χ3v) is 6.99. The van der Waals surface area contributed by atoms with E-state index in [2.05, 4.69) is 5.32 Å². The highest BCUT2D eigenvalue weighted by Crippen LogP contribution is 2.29. The second kappa shape index (κ2) is 7.29. The second-order valence-corrected chi connectivity index (χ2v) is 8.75. The summed E-state index contributed by atoms with van der Waals surface area (Å²) in [6.07, 6.45) is 2.47. The molecule has 3 atom stereocenters. The molecule has 9 nitrogen and oxygen atoms in total. The van der Waals surface area contributed by atoms with Gasteiger partial charge in [-0.25, -0.2) is 8.42 Å². The van der Waals surface area contributed by atoms with E-state index in [9.17, 15) is 23.3 Å². The Labute approximate surface area is 151 Å². The number of benzene rings is 1. The van der Waals surface area contributed by atoms with Crippen molar-refractivity contribution in [1.82, 2.24) is 9.62 Å². The first-order valence-corrected chi connectivity index (χ1v) is 10.0. The Morgan fingerprint density at radius 1 is 1.23 bits per heavy atom. The molecule has 0 aromatic heterocycles. The van der Waals surface area contributed by atoms with Crippen molar-refractivity contribution in [3.63, 3.8) is 0 Å². The van der Waals surface area contributed by atoms with Crippen LogP contribution in [0, 0.1) is 16.0 Å². The van der Waals surface area contributed by atoms with Crippen LogP contribution in [-0.4, -0.2) is 48.7 Å². The standard InChI is InChI=1S/C16H22N4O5S/c17-14-7-8-15(21)18-16(14)11-2-1-9-19(10-11)26(24,25)13-5-3-12(4-6-13)20(22)23/h3-6,11,14,16H,1-2,7-10,17H2,(H,18,21). The molecule has 1 aromatic rings. The van der Waals surface area contributed by atoms with Gasteiger partial charge < -0.3 is 11.1 Å². The van der Waals surface area contributed by atoms with Gasteiger partial charge in [-0.3, -0.25) is 14.9 Å². The molecule has 2 fully saturated rings. The largest absolute Gasteiger partial charge is 0.351 e. The van der Waals surface area contributed by atoms with Crippen molar-refractivity contribution >= 4 is 21.6 Å². The predicted octanol–water partition coefficient (Wildman–Crippen LogP) is 0.601. The maximum atomic E-state index is 12.9. The highest BCUT2D eigenvalue weighted by Gasteiger charge is 2.38. The topological polar surface area (TPSA) is 136 Å². The van der Waals surface area contributed by atoms with E-state index in [-0.39, 0.29) is 41.0 Å². The molecule has 0 spiro atoms. The van der Waals surface area contributed by atoms with Crippen molar-refractivity contribution in [2.45, 2.75) is 42.7 Å². The average Bonchev–Trinajstić information content (AvgIpc) is 2.64. The Balaban J connectivity index is 1.77. The van der Waals surface area contributed by atoms with E-state index in [1.807, 2.05) is 0 Å². The van der Waals surface area contributed by atoms with Crippen LogP contribution in [0.4, 0.5) is 5.69 Å². The summed E-state index contributed by atoms with van der Waals surface area (Å²) in [7, 11) is -3.75. The lowest BCUT2D eigenvalue weighted by molar-refractivity contribution is -0.384. The summed E-state index contributed by atoms with van der Waals surface area (Å²) in [5, 5.41) is 13.6. The number of hydrogen-bond acceptors (Lipinski definition) is 6. The molecule has 142 valence electrons. The monoisotopic (exact) mass is 382 g/mol. The zero-order valence-corrected chi connectivity index (χ0v) is 15.0. The van der Waals surface area contributed by atoms with Crippen molar-refractivity contribution < 1.29 is 18.1 Å². The third-order valence-electron chi connectivity index (χ3n) is 5.11. The molecule has 0 radical (unpaired) electrons. The predicted molar refractivity (Wildman–Crippen MR) is 93.7 cm³/mol. The molecule has 3 N–H and O–H groups in total. The van der Waals surface area contributed by atoms with E-state index in [4.69, 9.17) is 5.73 Å². The maximum Gasteiger partial charge on any atom is 0.269 e. The number of carbonyl (C=O) groups excluding carboxylic acids is 1. The van der Waals surface area contributed by atoms with Gasteiger partial charge in [-0.1, -0.05) is 0 Å². The van der Waals surface area contributed by atoms with Crippen molar-refractivity contribution in [3.8, 4) is 0 Å². The number of piperidine rings is 2. The molecule has 0 saturated carbocycles. The molecule has 2 aliphatic rings. The first-order chi connectivity index (χ1) is 12.3. The van der Waals surface area contributed by atoms with Crippen molar-refractivity contribution in [1.29, 1.82) is 0 Å². The third kappa shape index (κ3) is 3.71. The molecule has 1 amide bonds. The maximum absolute atomic E-state index is 12.9. The van der Waals surface area contributed by atoms with Crippen LogP contribution in [0.25, 0.3) is 0 Å². The number of nitrogens with two attached hydrogens (primary N) is 1. The van der Waals surface area contributed by atoms with Crippen LogP contribution in [-0.2, 0) is 14.8 Å². The minimum Gasteiger partial charge on any atom is -0.351 e. The average molecular weight is 382 g/mol. The molecule has 0 aliphatic carbocycles. The molecule has 0 bridgehead atoms. The second-order valence-electron chi connectivity index (χ2n) is 6.81. The fourth-order valence-electron chi connectivity index (χ4n) is 3.68. The summed E-state index contributed by atoms with van der Waals surface area (Å²) < 4.78 is 27.1. The van der Waals surface area contributed by atoms with Gasteiger partial charge in [0.25, 0.3) is 5.69 Å². The van der Waals surface area contributed by atoms with Crippen LogP contribution in [0.1, 0.15) is 25.7 Å². The Morgan fingerprint density at radius 3 is 2.58 bits per heavy atom. The molecule has 1 aromatic carbocycles. The van der Waals surface area contributed by atoms with E-state index in [1.165, 1.54) is 28.6 Å². The molecule has 2 saturated heterocycles. The minimum atomic E-state index is -3.75. The summed E-state index contributed by atoms with van der Waals surface area (Å²) >= 11 is 0. The van der Waals surface area contributed by atoms with Gasteiger partial charge in [-0.05, 0) is 37.3 Å². The van der Waals surface area contributed by atoms with Crippen molar-refractivity contribution in [3.05, 3.63) is 34.4 Å². The molecule has 26 heavy (non-hydrogen) atoms. The van der Waals surface area contributed by atoms with Gasteiger partial charge in [0.15, 0.2) is 0 Å². The van der Waals surface area contributed by atoms with E-state index >= 15 is 0 Å². The van der Waals surface area contributed by atoms with Crippen LogP contribution in [0.15, 0.2) is 29.2 Å². The van der Waals surface area contributed by atoms with Crippen LogP contribution >= 0.6 is 0 Å². The molecule has 2 aliphatic heterocycles. The molecular weight excluding hydrogens is 360 g/mol. The first kappa shape index (κ1) is 18.7. The summed E-state index contributed by atoms with van der Waals surface area (Å²) in [6.45, 7) is 0.656. The fourth-order valence-corrected chi connectivity index (χ4v) is 5.22. The van der Waals surface area contributed by atoms with Gasteiger partial charge in [0.2, 0.25) is 15.9 Å². The van der Waals surface area contributed by atoms with Gasteiger partial charge in [0.1, 0.15) is 0 Å². The Kier molecular flexibility index (Phi) is 5.26. The summed E-state index contributed by atoms with van der Waals surface area (Å²) in [5.74, 6) is -0.0946. The Bertz CT molecular complexity index is 795. The van der Waals surface area contributed by atoms with Gasteiger partial charge in [0.05, 0.1) is 9.82 Å². The van der Waals surface area contributed by atoms with Gasteiger partial charge >= 0.3 is 0 Å². The number of nitrogens with zero attached hydrogens (tertiary/aromatic N) is 2. The molecule has 2 heterocycles. The van der Waals surface area contributed by atoms with Crippen LogP contribution < -0.4 is 11.1 Å². The number of amides is 1. The number of carbonyl (C=O) groups is 1. The highest BCUT2D eigenvalue weighted by molar-refractivity contribution is 7.89. The number of sulfonamides is 1. The number of nitro benzene ring substituents is 1. The van der Waals surface area contributed by atoms with Gasteiger partial charge in [0, 0.05) is 43.7 Å². The van der Waals surface area contributed by atoms with E-state index in [1.54, 1.807) is 0 Å². The smallest absolute Gasteiger partial charge is 0.269 e. The quantitative estimate of drug-likeness (QED) is 0.578. The first-order valence-electron chi connectivity index (χ1n) is 8.58. The van der Waals surface area contributed by atoms with Crippen LogP contribution in [0.5, 0.6) is 0 Å². The molecular formula is C16H22N4O5S. The number of nitrogens with one attached hydrogen (secondary N) is 1. The minimum absolute atomic E-state index is 0.0285. The van der Waals surface area contributed by atoms with E-state index in [0.29, 0.717) is 25.8 Å². The molecule has 10 heteroatoms. The Hall–Kier alpha value is -2.04. The summed E-state index contributed by atoms with van der Waals surface area (Å²) in [4.78, 5) is 21.9. The SMILES string of the molecule is NC1CCC(=O)NC1C1CCCN(S(=O)(=O)c2ccc([N+](=O)[O-])cc2)C1. The molecule has 3 unspecified atom stereocenters. The number of nitro groups is 1. The van der Waals surface area contributed by atoms with Crippen molar-refractivity contribution in [2.75, 3.05) is 13.1 Å². The van der Waals surface area contributed by atoms with Crippen LogP contribution in [0.2, 0.25) is 0 Å². The van der Waals surface area contributed by atoms with E-state index in [0.717, 1.165) is 6.42 Å². The van der Waals surface area contributed by atoms with Crippen LogP contribution in [0.3, 0.4) is 0 Å². The Morgan fingerprint density at radius 2 is 1.92 bits per heavy atom. The fraction of sp³-hybridized carbons (Fsp3) is 0.562. The zero-order chi connectivity index (χ0) is 18.9. The lowest BCUT2D eigenvalue weighted by atomic mass is 9.84. The lowest BCUT2D eigenvalue weighted by Crippen LogP contribution is -2.58. The zero-order valence-electron chi connectivity index (χ0n) is 14.2. The van der Waals surface area contributed by atoms with Crippen molar-refractivity contribution in [2.24, 2.45) is 11.7 Å². The number of non-ortho nitro benzene ring substituents is 1. The normalized spacial score (nSPS) is 27.7. The molecule has 3 rings (SSSR count).